The minimum atomic E-state index is -3.74. The molecule has 1 aromatic rings. The summed E-state index contributed by atoms with van der Waals surface area (Å²) in [4.78, 5) is 14.1. The normalized spacial score (nSPS) is 19.0. The Hall–Kier alpha value is -1.64. The van der Waals surface area contributed by atoms with Gasteiger partial charge in [0.15, 0.2) is 0 Å². The lowest BCUT2D eigenvalue weighted by Crippen LogP contribution is -2.46. The van der Waals surface area contributed by atoms with Crippen molar-refractivity contribution in [2.45, 2.75) is 36.6 Å². The largest absolute Gasteiger partial charge is 0.396 e. The number of nitrogens with zero attached hydrogens (tertiary/aromatic N) is 1. The molecule has 7 nitrogen and oxygen atoms in total. The molecule has 8 heteroatoms. The molecule has 1 aromatic carbocycles. The van der Waals surface area contributed by atoms with Gasteiger partial charge in [-0.2, -0.15) is 0 Å². The van der Waals surface area contributed by atoms with Gasteiger partial charge in [-0.3, -0.25) is 0 Å². The number of nitrogens with two attached hydrogens (primary N) is 1. The first-order valence-electron chi connectivity index (χ1n) is 7.23. The van der Waals surface area contributed by atoms with Crippen LogP contribution in [0, 0.1) is 0 Å². The molecule has 122 valence electrons. The molecule has 1 unspecified atom stereocenters. The van der Waals surface area contributed by atoms with Crippen LogP contribution in [0.25, 0.3) is 0 Å². The van der Waals surface area contributed by atoms with Gasteiger partial charge in [0, 0.05) is 24.9 Å². The van der Waals surface area contributed by atoms with E-state index >= 15 is 0 Å². The van der Waals surface area contributed by atoms with Crippen molar-refractivity contribution in [1.29, 1.82) is 0 Å². The lowest BCUT2D eigenvalue weighted by Gasteiger charge is -2.35. The van der Waals surface area contributed by atoms with Gasteiger partial charge in [-0.1, -0.05) is 0 Å². The molecule has 0 radical (unpaired) electrons. The first-order chi connectivity index (χ1) is 10.4. The minimum absolute atomic E-state index is 0.00151. The van der Waals surface area contributed by atoms with E-state index in [0.29, 0.717) is 18.7 Å². The fourth-order valence-electron chi connectivity index (χ4n) is 2.64. The third kappa shape index (κ3) is 4.19. The smallest absolute Gasteiger partial charge is 0.322 e. The number of aliphatic hydroxyl groups is 1. The fraction of sp³-hybridized carbons (Fsp3) is 0.500. The van der Waals surface area contributed by atoms with Crippen LogP contribution in [0.1, 0.15) is 25.7 Å². The Bertz CT molecular complexity index is 613. The van der Waals surface area contributed by atoms with Gasteiger partial charge in [0.05, 0.1) is 4.90 Å². The summed E-state index contributed by atoms with van der Waals surface area (Å²) in [5.74, 6) is 0. The van der Waals surface area contributed by atoms with Gasteiger partial charge >= 0.3 is 6.03 Å². The van der Waals surface area contributed by atoms with Crippen LogP contribution in [0.4, 0.5) is 10.5 Å². The van der Waals surface area contributed by atoms with Crippen molar-refractivity contribution >= 4 is 21.7 Å². The molecular weight excluding hydrogens is 306 g/mol. The molecule has 2 amide bonds. The predicted molar refractivity (Wildman–Crippen MR) is 82.9 cm³/mol. The van der Waals surface area contributed by atoms with E-state index in [1.54, 1.807) is 4.90 Å². The number of benzene rings is 1. The van der Waals surface area contributed by atoms with Crippen molar-refractivity contribution in [3.05, 3.63) is 24.3 Å². The monoisotopic (exact) mass is 327 g/mol. The number of primary sulfonamides is 1. The van der Waals surface area contributed by atoms with E-state index in [9.17, 15) is 13.2 Å². The number of urea groups is 1. The Balaban J connectivity index is 2.04. The van der Waals surface area contributed by atoms with Crippen LogP contribution in [-0.4, -0.2) is 43.6 Å². The molecule has 4 N–H and O–H groups in total. The molecule has 0 bridgehead atoms. The number of hydrogen-bond donors (Lipinski definition) is 3. The summed E-state index contributed by atoms with van der Waals surface area (Å²) in [5, 5.41) is 16.9. The summed E-state index contributed by atoms with van der Waals surface area (Å²) in [7, 11) is -3.74. The summed E-state index contributed by atoms with van der Waals surface area (Å²) in [6.45, 7) is 0.712. The molecule has 1 heterocycles. The van der Waals surface area contributed by atoms with Gasteiger partial charge in [-0.15, -0.1) is 0 Å². The molecule has 22 heavy (non-hydrogen) atoms. The van der Waals surface area contributed by atoms with E-state index in [2.05, 4.69) is 5.32 Å². The zero-order chi connectivity index (χ0) is 16.2. The number of sulfonamides is 1. The molecule has 1 saturated heterocycles. The molecule has 0 spiro atoms. The number of hydrogen-bond acceptors (Lipinski definition) is 4. The van der Waals surface area contributed by atoms with Gasteiger partial charge in [-0.25, -0.2) is 18.4 Å². The zero-order valence-corrected chi connectivity index (χ0v) is 13.1. The molecule has 2 rings (SSSR count). The second-order valence-corrected chi connectivity index (χ2v) is 6.92. The van der Waals surface area contributed by atoms with Crippen LogP contribution in [-0.2, 0) is 10.0 Å². The Morgan fingerprint density at radius 3 is 2.59 bits per heavy atom. The number of aliphatic hydroxyl groups excluding tert-OH is 1. The Morgan fingerprint density at radius 2 is 2.00 bits per heavy atom. The van der Waals surface area contributed by atoms with Crippen LogP contribution in [0.5, 0.6) is 0 Å². The number of carbonyl (C=O) groups excluding carboxylic acids is 1. The van der Waals surface area contributed by atoms with Crippen molar-refractivity contribution in [3.63, 3.8) is 0 Å². The molecular formula is C14H21N3O4S. The summed E-state index contributed by atoms with van der Waals surface area (Å²) in [5.41, 5.74) is 0.505. The van der Waals surface area contributed by atoms with E-state index in [-0.39, 0.29) is 23.6 Å². The van der Waals surface area contributed by atoms with Crippen molar-refractivity contribution in [2.75, 3.05) is 18.5 Å². The number of nitrogens with one attached hydrogen (secondary N) is 1. The number of anilines is 1. The van der Waals surface area contributed by atoms with Crippen LogP contribution < -0.4 is 10.5 Å². The number of carbonyl (C=O) groups is 1. The summed E-state index contributed by atoms with van der Waals surface area (Å²) in [6, 6.07) is 5.52. The Morgan fingerprint density at radius 1 is 1.32 bits per heavy atom. The van der Waals surface area contributed by atoms with E-state index in [1.165, 1.54) is 24.3 Å². The molecule has 0 aliphatic carbocycles. The number of piperidine rings is 1. The van der Waals surface area contributed by atoms with Gasteiger partial charge in [0.25, 0.3) is 0 Å². The molecule has 0 aromatic heterocycles. The average Bonchev–Trinajstić information content (AvgIpc) is 2.47. The lowest BCUT2D eigenvalue weighted by molar-refractivity contribution is 0.141. The van der Waals surface area contributed by atoms with Crippen LogP contribution in [0.2, 0.25) is 0 Å². The maximum absolute atomic E-state index is 12.3. The molecule has 1 atom stereocenters. The summed E-state index contributed by atoms with van der Waals surface area (Å²) >= 11 is 0. The number of amides is 2. The van der Waals surface area contributed by atoms with Gasteiger partial charge in [0.2, 0.25) is 10.0 Å². The zero-order valence-electron chi connectivity index (χ0n) is 12.2. The molecule has 0 saturated carbocycles. The molecule has 1 fully saturated rings. The fourth-order valence-corrected chi connectivity index (χ4v) is 3.16. The highest BCUT2D eigenvalue weighted by Crippen LogP contribution is 2.21. The summed E-state index contributed by atoms with van der Waals surface area (Å²) in [6.07, 6.45) is 3.45. The highest BCUT2D eigenvalue weighted by Gasteiger charge is 2.26. The van der Waals surface area contributed by atoms with E-state index < -0.39 is 10.0 Å². The van der Waals surface area contributed by atoms with Gasteiger partial charge < -0.3 is 15.3 Å². The first-order valence-corrected chi connectivity index (χ1v) is 8.78. The quantitative estimate of drug-likeness (QED) is 0.768. The van der Waals surface area contributed by atoms with E-state index in [0.717, 1.165) is 19.3 Å². The average molecular weight is 327 g/mol. The maximum Gasteiger partial charge on any atom is 0.322 e. The van der Waals surface area contributed by atoms with E-state index in [1.807, 2.05) is 0 Å². The van der Waals surface area contributed by atoms with Crippen LogP contribution in [0.15, 0.2) is 29.2 Å². The first kappa shape index (κ1) is 16.7. The third-order valence-electron chi connectivity index (χ3n) is 3.78. The van der Waals surface area contributed by atoms with E-state index in [4.69, 9.17) is 10.2 Å². The van der Waals surface area contributed by atoms with Crippen molar-refractivity contribution in [2.24, 2.45) is 5.14 Å². The second-order valence-electron chi connectivity index (χ2n) is 5.35. The van der Waals surface area contributed by atoms with Crippen LogP contribution >= 0.6 is 0 Å². The molecule has 1 aliphatic rings. The predicted octanol–water partition coefficient (Wildman–Crippen LogP) is 1.10. The van der Waals surface area contributed by atoms with Gasteiger partial charge in [0.1, 0.15) is 0 Å². The van der Waals surface area contributed by atoms with Crippen molar-refractivity contribution < 1.29 is 18.3 Å². The van der Waals surface area contributed by atoms with Crippen molar-refractivity contribution in [1.82, 2.24) is 4.90 Å². The SMILES string of the molecule is NS(=O)(=O)c1ccc(NC(=O)N2CCCCC2CCO)cc1. The Kier molecular flexibility index (Phi) is 5.38. The summed E-state index contributed by atoms with van der Waals surface area (Å²) < 4.78 is 22.4. The highest BCUT2D eigenvalue weighted by atomic mass is 32.2. The topological polar surface area (TPSA) is 113 Å². The maximum atomic E-state index is 12.3. The minimum Gasteiger partial charge on any atom is -0.396 e. The lowest BCUT2D eigenvalue weighted by atomic mass is 10.0. The highest BCUT2D eigenvalue weighted by molar-refractivity contribution is 7.89. The second kappa shape index (κ2) is 7.08. The Labute approximate surface area is 130 Å². The standard InChI is InChI=1S/C14H21N3O4S/c15-22(20,21)13-6-4-11(5-7-13)16-14(19)17-9-2-1-3-12(17)8-10-18/h4-7,12,18H,1-3,8-10H2,(H,16,19)(H2,15,20,21). The number of rotatable bonds is 4. The number of likely N-dealkylation sites (tertiary alicyclic amines) is 1. The molecule has 1 aliphatic heterocycles. The van der Waals surface area contributed by atoms with Crippen molar-refractivity contribution in [3.8, 4) is 0 Å². The third-order valence-corrected chi connectivity index (χ3v) is 4.71. The van der Waals surface area contributed by atoms with Crippen LogP contribution in [0.3, 0.4) is 0 Å². The van der Waals surface area contributed by atoms with Gasteiger partial charge in [-0.05, 0) is 49.9 Å².